The molecule has 1 rings (SSSR count). The molecule has 2 nitrogen and oxygen atoms in total. The zero-order valence-electron chi connectivity index (χ0n) is 6.80. The molecule has 0 bridgehead atoms. The first-order valence-electron chi connectivity index (χ1n) is 3.97. The van der Waals surface area contributed by atoms with Crippen LogP contribution in [0.4, 0.5) is 0 Å². The second-order valence-electron chi connectivity index (χ2n) is 2.92. The quantitative estimate of drug-likeness (QED) is 0.597. The lowest BCUT2D eigenvalue weighted by molar-refractivity contribution is 0.0368. The van der Waals surface area contributed by atoms with Crippen molar-refractivity contribution >= 4 is 0 Å². The first kappa shape index (κ1) is 8.02. The highest BCUT2D eigenvalue weighted by Crippen LogP contribution is 2.21. The average molecular weight is 144 g/mol. The Morgan fingerprint density at radius 2 is 2.40 bits per heavy atom. The van der Waals surface area contributed by atoms with Gasteiger partial charge in [-0.1, -0.05) is 13.3 Å². The van der Waals surface area contributed by atoms with Crippen LogP contribution in [0.5, 0.6) is 0 Å². The van der Waals surface area contributed by atoms with Crippen molar-refractivity contribution in [1.29, 1.82) is 0 Å². The molecule has 0 radical (unpaired) electrons. The summed E-state index contributed by atoms with van der Waals surface area (Å²) in [7, 11) is 1.72. The summed E-state index contributed by atoms with van der Waals surface area (Å²) >= 11 is 0. The van der Waals surface area contributed by atoms with Gasteiger partial charge in [-0.15, -0.1) is 0 Å². The van der Waals surface area contributed by atoms with Gasteiger partial charge in [0.15, 0.2) is 0 Å². The minimum atomic E-state index is 0.370. The van der Waals surface area contributed by atoms with E-state index in [1.807, 2.05) is 0 Å². The molecule has 10 heavy (non-hydrogen) atoms. The van der Waals surface area contributed by atoms with Crippen LogP contribution in [-0.2, 0) is 9.47 Å². The summed E-state index contributed by atoms with van der Waals surface area (Å²) in [5, 5.41) is 0. The molecule has 0 aromatic heterocycles. The SMILES string of the molecule is CCC1COC(COC)C1. The third-order valence-electron chi connectivity index (χ3n) is 2.09. The second kappa shape index (κ2) is 3.94. The molecule has 0 N–H and O–H groups in total. The van der Waals surface area contributed by atoms with Crippen LogP contribution in [0.15, 0.2) is 0 Å². The van der Waals surface area contributed by atoms with E-state index in [9.17, 15) is 0 Å². The second-order valence-corrected chi connectivity index (χ2v) is 2.92. The molecule has 1 aliphatic heterocycles. The summed E-state index contributed by atoms with van der Waals surface area (Å²) in [5.41, 5.74) is 0. The molecular formula is C8H16O2. The lowest BCUT2D eigenvalue weighted by Gasteiger charge is -2.05. The van der Waals surface area contributed by atoms with E-state index in [1.54, 1.807) is 7.11 Å². The molecule has 0 aliphatic carbocycles. The minimum absolute atomic E-state index is 0.370. The van der Waals surface area contributed by atoms with E-state index in [-0.39, 0.29) is 0 Å². The van der Waals surface area contributed by atoms with Crippen LogP contribution < -0.4 is 0 Å². The summed E-state index contributed by atoms with van der Waals surface area (Å²) < 4.78 is 10.5. The predicted molar refractivity (Wildman–Crippen MR) is 40.0 cm³/mol. The Hall–Kier alpha value is -0.0800. The van der Waals surface area contributed by atoms with Crippen LogP contribution in [-0.4, -0.2) is 26.4 Å². The summed E-state index contributed by atoms with van der Waals surface area (Å²) in [4.78, 5) is 0. The van der Waals surface area contributed by atoms with Gasteiger partial charge in [-0.2, -0.15) is 0 Å². The molecule has 2 atom stereocenters. The highest BCUT2D eigenvalue weighted by Gasteiger charge is 2.23. The fourth-order valence-electron chi connectivity index (χ4n) is 1.37. The molecule has 0 amide bonds. The number of hydrogen-bond donors (Lipinski definition) is 0. The Morgan fingerprint density at radius 1 is 1.60 bits per heavy atom. The number of hydrogen-bond acceptors (Lipinski definition) is 2. The standard InChI is InChI=1S/C8H16O2/c1-3-7-4-8(6-9-2)10-5-7/h7-8H,3-6H2,1-2H3. The normalized spacial score (nSPS) is 33.0. The Bertz CT molecular complexity index is 93.3. The fraction of sp³-hybridized carbons (Fsp3) is 1.00. The number of ether oxygens (including phenoxy) is 2. The smallest absolute Gasteiger partial charge is 0.0811 e. The van der Waals surface area contributed by atoms with Crippen LogP contribution >= 0.6 is 0 Å². The highest BCUT2D eigenvalue weighted by atomic mass is 16.5. The van der Waals surface area contributed by atoms with Crippen molar-refractivity contribution in [2.75, 3.05) is 20.3 Å². The number of methoxy groups -OCH3 is 1. The molecule has 0 aromatic rings. The predicted octanol–water partition coefficient (Wildman–Crippen LogP) is 1.45. The van der Waals surface area contributed by atoms with E-state index in [0.29, 0.717) is 6.10 Å². The number of rotatable bonds is 3. The van der Waals surface area contributed by atoms with Crippen molar-refractivity contribution in [2.24, 2.45) is 5.92 Å². The van der Waals surface area contributed by atoms with Crippen LogP contribution in [0.2, 0.25) is 0 Å². The van der Waals surface area contributed by atoms with Crippen molar-refractivity contribution in [3.8, 4) is 0 Å². The third-order valence-corrected chi connectivity index (χ3v) is 2.09. The summed E-state index contributed by atoms with van der Waals surface area (Å²) in [6.07, 6.45) is 2.79. The van der Waals surface area contributed by atoms with Crippen molar-refractivity contribution in [1.82, 2.24) is 0 Å². The lowest BCUT2D eigenvalue weighted by Crippen LogP contribution is -2.12. The molecule has 0 spiro atoms. The Morgan fingerprint density at radius 3 is 2.90 bits per heavy atom. The van der Waals surface area contributed by atoms with Gasteiger partial charge in [0, 0.05) is 13.7 Å². The van der Waals surface area contributed by atoms with Crippen molar-refractivity contribution in [3.05, 3.63) is 0 Å². The zero-order chi connectivity index (χ0) is 7.40. The summed E-state index contributed by atoms with van der Waals surface area (Å²) in [5.74, 6) is 0.778. The van der Waals surface area contributed by atoms with Gasteiger partial charge in [0.1, 0.15) is 0 Å². The molecule has 1 heterocycles. The Kier molecular flexibility index (Phi) is 3.16. The highest BCUT2D eigenvalue weighted by molar-refractivity contribution is 4.71. The van der Waals surface area contributed by atoms with Crippen LogP contribution in [0, 0.1) is 5.92 Å². The molecule has 2 unspecified atom stereocenters. The summed E-state index contributed by atoms with van der Waals surface area (Å²) in [6.45, 7) is 3.91. The molecule has 2 heteroatoms. The van der Waals surface area contributed by atoms with E-state index in [4.69, 9.17) is 9.47 Å². The van der Waals surface area contributed by atoms with E-state index in [1.165, 1.54) is 12.8 Å². The molecule has 0 aromatic carbocycles. The maximum absolute atomic E-state index is 5.47. The molecular weight excluding hydrogens is 128 g/mol. The molecule has 1 saturated heterocycles. The van der Waals surface area contributed by atoms with Gasteiger partial charge >= 0.3 is 0 Å². The molecule has 1 aliphatic rings. The van der Waals surface area contributed by atoms with Crippen molar-refractivity contribution in [3.63, 3.8) is 0 Å². The van der Waals surface area contributed by atoms with Gasteiger partial charge in [-0.25, -0.2) is 0 Å². The topological polar surface area (TPSA) is 18.5 Å². The van der Waals surface area contributed by atoms with Crippen molar-refractivity contribution in [2.45, 2.75) is 25.9 Å². The van der Waals surface area contributed by atoms with Crippen LogP contribution in [0.1, 0.15) is 19.8 Å². The van der Waals surface area contributed by atoms with Gasteiger partial charge < -0.3 is 9.47 Å². The van der Waals surface area contributed by atoms with E-state index in [2.05, 4.69) is 6.92 Å². The molecule has 0 saturated carbocycles. The fourth-order valence-corrected chi connectivity index (χ4v) is 1.37. The third kappa shape index (κ3) is 1.96. The lowest BCUT2D eigenvalue weighted by atomic mass is 10.0. The Labute approximate surface area is 62.5 Å². The van der Waals surface area contributed by atoms with Gasteiger partial charge in [0.05, 0.1) is 12.7 Å². The van der Waals surface area contributed by atoms with Gasteiger partial charge in [-0.3, -0.25) is 0 Å². The van der Waals surface area contributed by atoms with Crippen LogP contribution in [0.3, 0.4) is 0 Å². The first-order chi connectivity index (χ1) is 4.86. The van der Waals surface area contributed by atoms with E-state index in [0.717, 1.165) is 19.1 Å². The monoisotopic (exact) mass is 144 g/mol. The van der Waals surface area contributed by atoms with Crippen LogP contribution in [0.25, 0.3) is 0 Å². The first-order valence-corrected chi connectivity index (χ1v) is 3.97. The van der Waals surface area contributed by atoms with E-state index >= 15 is 0 Å². The van der Waals surface area contributed by atoms with Gasteiger partial charge in [0.2, 0.25) is 0 Å². The zero-order valence-corrected chi connectivity index (χ0v) is 6.80. The summed E-state index contributed by atoms with van der Waals surface area (Å²) in [6, 6.07) is 0. The van der Waals surface area contributed by atoms with Gasteiger partial charge in [0.25, 0.3) is 0 Å². The average Bonchev–Trinajstić information content (AvgIpc) is 2.37. The van der Waals surface area contributed by atoms with Gasteiger partial charge in [-0.05, 0) is 12.3 Å². The Balaban J connectivity index is 2.15. The largest absolute Gasteiger partial charge is 0.382 e. The molecule has 1 fully saturated rings. The van der Waals surface area contributed by atoms with E-state index < -0.39 is 0 Å². The maximum atomic E-state index is 5.47. The minimum Gasteiger partial charge on any atom is -0.382 e. The van der Waals surface area contributed by atoms with Crippen molar-refractivity contribution < 1.29 is 9.47 Å². The maximum Gasteiger partial charge on any atom is 0.0811 e. The molecule has 60 valence electrons.